The Morgan fingerprint density at radius 1 is 1.74 bits per heavy atom. The Balaban J connectivity index is 2.28. The van der Waals surface area contributed by atoms with Crippen LogP contribution in [0.5, 0.6) is 0 Å². The van der Waals surface area contributed by atoms with Crippen LogP contribution >= 0.6 is 15.9 Å². The first kappa shape index (κ1) is 14.0. The van der Waals surface area contributed by atoms with Gasteiger partial charge in [0.05, 0.1) is 17.7 Å². The number of nitrogens with one attached hydrogen (secondary N) is 1. The molecule has 1 saturated heterocycles. The van der Waals surface area contributed by atoms with Crippen LogP contribution in [0.1, 0.15) is 6.92 Å². The molecule has 3 N–H and O–H groups in total. The van der Waals surface area contributed by atoms with E-state index in [2.05, 4.69) is 31.2 Å². The first-order valence-electron chi connectivity index (χ1n) is 6.03. The fourth-order valence-electron chi connectivity index (χ4n) is 1.94. The van der Waals surface area contributed by atoms with Crippen LogP contribution in [0.15, 0.2) is 10.7 Å². The summed E-state index contributed by atoms with van der Waals surface area (Å²) in [7, 11) is 0. The zero-order valence-corrected chi connectivity index (χ0v) is 12.2. The molecule has 0 aromatic carbocycles. The number of nitrogens with two attached hydrogens (primary N) is 1. The van der Waals surface area contributed by atoms with E-state index in [1.54, 1.807) is 6.20 Å². The number of hydrogen-bond donors (Lipinski definition) is 2. The van der Waals surface area contributed by atoms with E-state index in [0.29, 0.717) is 36.6 Å². The van der Waals surface area contributed by atoms with Gasteiger partial charge in [0, 0.05) is 19.3 Å². The average Bonchev–Trinajstić information content (AvgIpc) is 2.42. The number of amides is 1. The van der Waals surface area contributed by atoms with E-state index in [1.165, 1.54) is 0 Å². The summed E-state index contributed by atoms with van der Waals surface area (Å²) in [5.41, 5.74) is 5.61. The maximum absolute atomic E-state index is 12.1. The van der Waals surface area contributed by atoms with Crippen LogP contribution in [0.2, 0.25) is 0 Å². The van der Waals surface area contributed by atoms with Crippen LogP contribution in [0.4, 0.5) is 11.8 Å². The number of carbonyl (C=O) groups is 1. The summed E-state index contributed by atoms with van der Waals surface area (Å²) in [6, 6.07) is -0.403. The number of aromatic nitrogens is 2. The van der Waals surface area contributed by atoms with Crippen molar-refractivity contribution in [3.63, 3.8) is 0 Å². The van der Waals surface area contributed by atoms with Gasteiger partial charge >= 0.3 is 0 Å². The van der Waals surface area contributed by atoms with Crippen LogP contribution in [0.3, 0.4) is 0 Å². The number of nitrogens with zero attached hydrogens (tertiary/aromatic N) is 3. The Morgan fingerprint density at radius 3 is 3.26 bits per heavy atom. The second-order valence-corrected chi connectivity index (χ2v) is 4.93. The van der Waals surface area contributed by atoms with Gasteiger partial charge < -0.3 is 20.7 Å². The number of halogens is 1. The van der Waals surface area contributed by atoms with Crippen molar-refractivity contribution in [2.24, 2.45) is 0 Å². The molecule has 1 aliphatic heterocycles. The molecule has 1 aromatic heterocycles. The highest BCUT2D eigenvalue weighted by Crippen LogP contribution is 2.26. The summed E-state index contributed by atoms with van der Waals surface area (Å²) in [6.45, 7) is 3.92. The minimum Gasteiger partial charge on any atom is -0.377 e. The van der Waals surface area contributed by atoms with Crippen LogP contribution in [0.25, 0.3) is 0 Å². The van der Waals surface area contributed by atoms with Crippen molar-refractivity contribution in [2.75, 3.05) is 36.9 Å². The molecule has 0 saturated carbocycles. The Bertz CT molecular complexity index is 470. The predicted molar refractivity (Wildman–Crippen MR) is 74.8 cm³/mol. The van der Waals surface area contributed by atoms with Crippen LogP contribution in [-0.4, -0.2) is 48.2 Å². The Hall–Kier alpha value is -1.41. The number of rotatable bonds is 3. The molecule has 0 radical (unpaired) electrons. The molecule has 0 bridgehead atoms. The summed E-state index contributed by atoms with van der Waals surface area (Å²) < 4.78 is 6.09. The van der Waals surface area contributed by atoms with Gasteiger partial charge in [-0.1, -0.05) is 0 Å². The molecule has 1 atom stereocenters. The molecular formula is C11H16BrN5O2. The zero-order chi connectivity index (χ0) is 13.8. The van der Waals surface area contributed by atoms with E-state index in [4.69, 9.17) is 10.5 Å². The average molecular weight is 330 g/mol. The first-order valence-corrected chi connectivity index (χ1v) is 6.83. The fraction of sp³-hybridized carbons (Fsp3) is 0.545. The standard InChI is InChI=1S/C11H16BrN5O2/c1-2-14-10(18)8-6-19-4-3-17(8)9-7(12)5-15-11(13)16-9/h5,8H,2-4,6H2,1H3,(H,14,18)(H2,13,15,16). The normalized spacial score (nSPS) is 19.3. The molecule has 1 amide bonds. The minimum atomic E-state index is -0.403. The van der Waals surface area contributed by atoms with Crippen LogP contribution in [0, 0.1) is 0 Å². The van der Waals surface area contributed by atoms with E-state index in [0.717, 1.165) is 0 Å². The summed E-state index contributed by atoms with van der Waals surface area (Å²) in [5.74, 6) is 0.720. The minimum absolute atomic E-state index is 0.0775. The number of hydrogen-bond acceptors (Lipinski definition) is 6. The molecule has 1 aromatic rings. The third-order valence-corrected chi connectivity index (χ3v) is 3.36. The summed E-state index contributed by atoms with van der Waals surface area (Å²) in [4.78, 5) is 22.0. The van der Waals surface area contributed by atoms with Gasteiger partial charge in [-0.25, -0.2) is 4.98 Å². The smallest absolute Gasteiger partial charge is 0.245 e. The lowest BCUT2D eigenvalue weighted by Gasteiger charge is -2.35. The summed E-state index contributed by atoms with van der Waals surface area (Å²) >= 11 is 3.39. The number of anilines is 2. The van der Waals surface area contributed by atoms with Crippen molar-refractivity contribution >= 4 is 33.6 Å². The first-order chi connectivity index (χ1) is 9.13. The highest BCUT2D eigenvalue weighted by molar-refractivity contribution is 9.10. The molecule has 1 unspecified atom stereocenters. The van der Waals surface area contributed by atoms with Crippen LogP contribution in [-0.2, 0) is 9.53 Å². The van der Waals surface area contributed by atoms with Crippen molar-refractivity contribution in [1.82, 2.24) is 15.3 Å². The topological polar surface area (TPSA) is 93.4 Å². The predicted octanol–water partition coefficient (Wildman–Crippen LogP) is 0.163. The fourth-order valence-corrected chi connectivity index (χ4v) is 2.36. The molecule has 2 rings (SSSR count). The van der Waals surface area contributed by atoms with Crippen molar-refractivity contribution in [2.45, 2.75) is 13.0 Å². The maximum Gasteiger partial charge on any atom is 0.245 e. The number of ether oxygens (including phenoxy) is 1. The monoisotopic (exact) mass is 329 g/mol. The molecule has 2 heterocycles. The molecular weight excluding hydrogens is 314 g/mol. The lowest BCUT2D eigenvalue weighted by Crippen LogP contribution is -2.54. The van der Waals surface area contributed by atoms with Gasteiger partial charge in [-0.3, -0.25) is 4.79 Å². The van der Waals surface area contributed by atoms with Gasteiger partial charge in [0.1, 0.15) is 11.9 Å². The van der Waals surface area contributed by atoms with Crippen molar-refractivity contribution in [1.29, 1.82) is 0 Å². The zero-order valence-electron chi connectivity index (χ0n) is 10.6. The third-order valence-electron chi connectivity index (χ3n) is 2.80. The number of morpholine rings is 1. The summed E-state index contributed by atoms with van der Waals surface area (Å²) in [5, 5.41) is 2.80. The maximum atomic E-state index is 12.1. The van der Waals surface area contributed by atoms with Crippen LogP contribution < -0.4 is 16.0 Å². The summed E-state index contributed by atoms with van der Waals surface area (Å²) in [6.07, 6.45) is 1.59. The highest BCUT2D eigenvalue weighted by atomic mass is 79.9. The molecule has 7 nitrogen and oxygen atoms in total. The van der Waals surface area contributed by atoms with E-state index in [-0.39, 0.29) is 11.9 Å². The molecule has 0 spiro atoms. The lowest BCUT2D eigenvalue weighted by molar-refractivity contribution is -0.124. The molecule has 0 aliphatic carbocycles. The largest absolute Gasteiger partial charge is 0.377 e. The Labute approximate surface area is 119 Å². The van der Waals surface area contributed by atoms with E-state index < -0.39 is 6.04 Å². The second-order valence-electron chi connectivity index (χ2n) is 4.08. The highest BCUT2D eigenvalue weighted by Gasteiger charge is 2.31. The lowest BCUT2D eigenvalue weighted by atomic mass is 10.2. The van der Waals surface area contributed by atoms with Gasteiger partial charge in [0.2, 0.25) is 11.9 Å². The second kappa shape index (κ2) is 6.16. The third kappa shape index (κ3) is 3.13. The molecule has 1 fully saturated rings. The van der Waals surface area contributed by atoms with Crippen molar-refractivity contribution < 1.29 is 9.53 Å². The number of carbonyl (C=O) groups excluding carboxylic acids is 1. The van der Waals surface area contributed by atoms with Crippen molar-refractivity contribution in [3.8, 4) is 0 Å². The van der Waals surface area contributed by atoms with Gasteiger partial charge in [-0.15, -0.1) is 0 Å². The number of nitrogen functional groups attached to an aromatic ring is 1. The quantitative estimate of drug-likeness (QED) is 0.820. The van der Waals surface area contributed by atoms with Gasteiger partial charge in [0.25, 0.3) is 0 Å². The van der Waals surface area contributed by atoms with E-state index >= 15 is 0 Å². The van der Waals surface area contributed by atoms with Gasteiger partial charge in [-0.05, 0) is 22.9 Å². The van der Waals surface area contributed by atoms with E-state index in [9.17, 15) is 4.79 Å². The van der Waals surface area contributed by atoms with Gasteiger partial charge in [-0.2, -0.15) is 4.98 Å². The molecule has 104 valence electrons. The SMILES string of the molecule is CCNC(=O)C1COCCN1c1nc(N)ncc1Br. The Kier molecular flexibility index (Phi) is 4.54. The molecule has 1 aliphatic rings. The van der Waals surface area contributed by atoms with Crippen molar-refractivity contribution in [3.05, 3.63) is 10.7 Å². The van der Waals surface area contributed by atoms with Gasteiger partial charge in [0.15, 0.2) is 0 Å². The molecule has 19 heavy (non-hydrogen) atoms. The number of likely N-dealkylation sites (N-methyl/N-ethyl adjacent to an activating group) is 1. The van der Waals surface area contributed by atoms with E-state index in [1.807, 2.05) is 11.8 Å². The Morgan fingerprint density at radius 2 is 2.53 bits per heavy atom. The molecule has 8 heteroatoms.